The van der Waals surface area contributed by atoms with E-state index in [-0.39, 0.29) is 0 Å². The fraction of sp³-hybridized carbons (Fsp3) is 0.357. The lowest BCUT2D eigenvalue weighted by molar-refractivity contribution is -0.147. The maximum Gasteiger partial charge on any atom is 0.307 e. The minimum absolute atomic E-state index is 0.325. The van der Waals surface area contributed by atoms with E-state index >= 15 is 0 Å². The predicted octanol–water partition coefficient (Wildman–Crippen LogP) is 1.48. The summed E-state index contributed by atoms with van der Waals surface area (Å²) in [6.45, 7) is 1.81. The second-order valence-corrected chi connectivity index (χ2v) is 5.79. The van der Waals surface area contributed by atoms with Crippen molar-refractivity contribution in [2.75, 3.05) is 0 Å². The molecule has 0 saturated carbocycles. The van der Waals surface area contributed by atoms with Gasteiger partial charge in [0.05, 0.1) is 16.7 Å². The molecule has 6 nitrogen and oxygen atoms in total. The number of rotatable bonds is 3. The van der Waals surface area contributed by atoms with Crippen molar-refractivity contribution in [3.8, 4) is 0 Å². The number of carboxylic acid groups (broad SMARTS) is 1. The Morgan fingerprint density at radius 1 is 1.19 bits per heavy atom. The lowest BCUT2D eigenvalue weighted by Gasteiger charge is -2.24. The molecule has 0 unspecified atom stereocenters. The summed E-state index contributed by atoms with van der Waals surface area (Å²) in [5, 5.41) is 10.9. The Kier molecular flexibility index (Phi) is 4.74. The van der Waals surface area contributed by atoms with E-state index in [4.69, 9.17) is 5.11 Å². The maximum atomic E-state index is 12.1. The molecule has 1 aromatic heterocycles. The summed E-state index contributed by atoms with van der Waals surface area (Å²) in [6, 6.07) is 1.81. The van der Waals surface area contributed by atoms with Crippen LogP contribution in [0.25, 0.3) is 0 Å². The van der Waals surface area contributed by atoms with Gasteiger partial charge in [0.1, 0.15) is 0 Å². The van der Waals surface area contributed by atoms with Gasteiger partial charge in [0.2, 0.25) is 5.91 Å². The van der Waals surface area contributed by atoms with Crippen molar-refractivity contribution in [3.63, 3.8) is 0 Å². The van der Waals surface area contributed by atoms with Crippen molar-refractivity contribution in [2.45, 2.75) is 19.8 Å². The first-order chi connectivity index (χ1) is 10.0. The molecule has 0 radical (unpaired) electrons. The fourth-order valence-corrected chi connectivity index (χ4v) is 3.07. The molecule has 1 aliphatic rings. The van der Waals surface area contributed by atoms with E-state index in [9.17, 15) is 14.4 Å². The number of carbonyl (C=O) groups is 3. The van der Waals surface area contributed by atoms with Crippen LogP contribution < -0.4 is 10.9 Å². The number of amides is 2. The van der Waals surface area contributed by atoms with Crippen LogP contribution in [0.15, 0.2) is 23.6 Å². The van der Waals surface area contributed by atoms with Crippen LogP contribution in [0.1, 0.15) is 28.1 Å². The van der Waals surface area contributed by atoms with Crippen LogP contribution in [0.2, 0.25) is 0 Å². The number of carboxylic acids is 1. The number of hydrazine groups is 1. The first kappa shape index (κ1) is 15.2. The topological polar surface area (TPSA) is 95.5 Å². The van der Waals surface area contributed by atoms with Crippen LogP contribution in [0, 0.1) is 18.8 Å². The molecular formula is C14H16N2O4S. The Morgan fingerprint density at radius 2 is 1.86 bits per heavy atom. The molecule has 7 heteroatoms. The normalized spacial score (nSPS) is 20.8. The molecule has 1 aromatic rings. The molecule has 0 aliphatic heterocycles. The number of nitrogens with one attached hydrogen (secondary N) is 2. The monoisotopic (exact) mass is 308 g/mol. The van der Waals surface area contributed by atoms with Crippen molar-refractivity contribution in [2.24, 2.45) is 11.8 Å². The molecule has 1 heterocycles. The number of hydrogen-bond donors (Lipinski definition) is 3. The van der Waals surface area contributed by atoms with Gasteiger partial charge in [0, 0.05) is 0 Å². The van der Waals surface area contributed by atoms with Crippen molar-refractivity contribution in [3.05, 3.63) is 34.0 Å². The van der Waals surface area contributed by atoms with Gasteiger partial charge in [-0.25, -0.2) is 0 Å². The van der Waals surface area contributed by atoms with Crippen molar-refractivity contribution >= 4 is 29.1 Å². The highest BCUT2D eigenvalue weighted by Crippen LogP contribution is 2.25. The van der Waals surface area contributed by atoms with Crippen LogP contribution in [-0.4, -0.2) is 22.9 Å². The van der Waals surface area contributed by atoms with Gasteiger partial charge in [-0.2, -0.15) is 0 Å². The summed E-state index contributed by atoms with van der Waals surface area (Å²) in [7, 11) is 0. The number of hydrogen-bond acceptors (Lipinski definition) is 4. The van der Waals surface area contributed by atoms with Crippen LogP contribution in [0.5, 0.6) is 0 Å². The quantitative estimate of drug-likeness (QED) is 0.582. The van der Waals surface area contributed by atoms with Gasteiger partial charge in [-0.05, 0) is 36.8 Å². The first-order valence-corrected chi connectivity index (χ1v) is 7.40. The third-order valence-corrected chi connectivity index (χ3v) is 4.47. The molecule has 3 N–H and O–H groups in total. The molecule has 0 saturated heterocycles. The molecule has 0 aromatic carbocycles. The average molecular weight is 308 g/mol. The van der Waals surface area contributed by atoms with E-state index in [2.05, 4.69) is 10.9 Å². The van der Waals surface area contributed by atoms with Gasteiger partial charge in [-0.15, -0.1) is 11.3 Å². The molecule has 2 rings (SSSR count). The highest BCUT2D eigenvalue weighted by atomic mass is 32.1. The number of allylic oxidation sites excluding steroid dienone is 2. The Balaban J connectivity index is 1.95. The summed E-state index contributed by atoms with van der Waals surface area (Å²) in [5.41, 5.74) is 5.49. The minimum Gasteiger partial charge on any atom is -0.481 e. The van der Waals surface area contributed by atoms with Crippen LogP contribution in [0.3, 0.4) is 0 Å². The second kappa shape index (κ2) is 6.53. The fourth-order valence-electron chi connectivity index (χ4n) is 2.25. The van der Waals surface area contributed by atoms with E-state index in [1.165, 1.54) is 11.3 Å². The molecule has 2 amide bonds. The van der Waals surface area contributed by atoms with E-state index in [1.807, 2.05) is 6.07 Å². The number of aliphatic carboxylic acids is 1. The smallest absolute Gasteiger partial charge is 0.307 e. The predicted molar refractivity (Wildman–Crippen MR) is 77.7 cm³/mol. The number of carbonyl (C=O) groups excluding carboxylic acids is 2. The molecule has 1 aliphatic carbocycles. The molecule has 2 atom stereocenters. The Labute approximate surface area is 125 Å². The summed E-state index contributed by atoms with van der Waals surface area (Å²) in [6.07, 6.45) is 4.23. The number of aryl methyl sites for hydroxylation is 1. The van der Waals surface area contributed by atoms with E-state index in [0.29, 0.717) is 17.7 Å². The zero-order valence-electron chi connectivity index (χ0n) is 11.5. The lowest BCUT2D eigenvalue weighted by Crippen LogP contribution is -2.47. The van der Waals surface area contributed by atoms with Gasteiger partial charge in [0.25, 0.3) is 5.91 Å². The summed E-state index contributed by atoms with van der Waals surface area (Å²) >= 11 is 1.28. The third kappa shape index (κ3) is 3.49. The van der Waals surface area contributed by atoms with Gasteiger partial charge >= 0.3 is 5.97 Å². The zero-order valence-corrected chi connectivity index (χ0v) is 12.3. The van der Waals surface area contributed by atoms with Gasteiger partial charge < -0.3 is 5.11 Å². The van der Waals surface area contributed by atoms with Gasteiger partial charge in [-0.1, -0.05) is 12.2 Å². The number of thiophene rings is 1. The summed E-state index contributed by atoms with van der Waals surface area (Å²) in [5.74, 6) is -3.30. The molecule has 0 bridgehead atoms. The Hall–Kier alpha value is -2.15. The van der Waals surface area contributed by atoms with Crippen molar-refractivity contribution < 1.29 is 19.5 Å². The van der Waals surface area contributed by atoms with Gasteiger partial charge in [0.15, 0.2) is 0 Å². The largest absolute Gasteiger partial charge is 0.481 e. The Morgan fingerprint density at radius 3 is 2.43 bits per heavy atom. The first-order valence-electron chi connectivity index (χ1n) is 6.52. The van der Waals surface area contributed by atoms with Crippen LogP contribution in [0.4, 0.5) is 0 Å². The molecule has 0 fully saturated rings. The average Bonchev–Trinajstić information content (AvgIpc) is 2.90. The third-order valence-electron chi connectivity index (χ3n) is 3.45. The van der Waals surface area contributed by atoms with Crippen LogP contribution in [-0.2, 0) is 9.59 Å². The molecular weight excluding hydrogens is 292 g/mol. The van der Waals surface area contributed by atoms with Crippen LogP contribution >= 0.6 is 11.3 Å². The van der Waals surface area contributed by atoms with E-state index < -0.39 is 29.6 Å². The summed E-state index contributed by atoms with van der Waals surface area (Å²) in [4.78, 5) is 35.6. The van der Waals surface area contributed by atoms with E-state index in [0.717, 1.165) is 5.56 Å². The highest BCUT2D eigenvalue weighted by Gasteiger charge is 2.34. The summed E-state index contributed by atoms with van der Waals surface area (Å²) < 4.78 is 0. The van der Waals surface area contributed by atoms with Gasteiger partial charge in [-0.3, -0.25) is 25.2 Å². The van der Waals surface area contributed by atoms with E-state index in [1.54, 1.807) is 24.5 Å². The zero-order chi connectivity index (χ0) is 15.4. The minimum atomic E-state index is -1.00. The molecule has 112 valence electrons. The molecule has 0 spiro atoms. The highest BCUT2D eigenvalue weighted by molar-refractivity contribution is 7.12. The second-order valence-electron chi connectivity index (χ2n) is 4.87. The lowest BCUT2D eigenvalue weighted by atomic mass is 9.82. The standard InChI is InChI=1S/C14H16N2O4S/c1-8-6-7-21-11(8)13(18)16-15-12(17)9-4-2-3-5-10(9)14(19)20/h2-3,6-7,9-10H,4-5H2,1H3,(H,15,17)(H,16,18)(H,19,20)/t9-,10+/m1/s1. The maximum absolute atomic E-state index is 12.1. The van der Waals surface area contributed by atoms with Crippen molar-refractivity contribution in [1.29, 1.82) is 0 Å². The molecule has 21 heavy (non-hydrogen) atoms. The van der Waals surface area contributed by atoms with Crippen molar-refractivity contribution in [1.82, 2.24) is 10.9 Å². The Bertz CT molecular complexity index is 594. The SMILES string of the molecule is Cc1ccsc1C(=O)NNC(=O)[C@@H]1CC=CC[C@@H]1C(=O)O.